The van der Waals surface area contributed by atoms with E-state index in [9.17, 15) is 0 Å². The number of nitrogens with zero attached hydrogens (tertiary/aromatic N) is 3. The molecule has 130 valence electrons. The first-order valence-electron chi connectivity index (χ1n) is 8.09. The van der Waals surface area contributed by atoms with Gasteiger partial charge in [-0.2, -0.15) is 10.2 Å². The summed E-state index contributed by atoms with van der Waals surface area (Å²) in [6.45, 7) is 2.04. The first-order chi connectivity index (χ1) is 12.7. The number of aromatic nitrogens is 2. The summed E-state index contributed by atoms with van der Waals surface area (Å²) in [7, 11) is 0. The molecule has 2 aromatic carbocycles. The SMILES string of the molecule is CCc1cc(Oc2cccc(Cl)c2)nc(SCc2cccc(C#N)c2)n1. The number of benzene rings is 2. The molecular formula is C20H16ClN3OS. The van der Waals surface area contributed by atoms with Gasteiger partial charge in [0.25, 0.3) is 0 Å². The van der Waals surface area contributed by atoms with Gasteiger partial charge in [-0.3, -0.25) is 0 Å². The van der Waals surface area contributed by atoms with Crippen molar-refractivity contribution in [1.82, 2.24) is 9.97 Å². The Balaban J connectivity index is 1.77. The van der Waals surface area contributed by atoms with Crippen LogP contribution in [0.25, 0.3) is 0 Å². The number of ether oxygens (including phenoxy) is 1. The van der Waals surface area contributed by atoms with E-state index in [1.165, 1.54) is 11.8 Å². The second kappa shape index (κ2) is 8.70. The van der Waals surface area contributed by atoms with Crippen LogP contribution in [0.2, 0.25) is 5.02 Å². The highest BCUT2D eigenvalue weighted by Gasteiger charge is 2.08. The van der Waals surface area contributed by atoms with Gasteiger partial charge in [-0.15, -0.1) is 0 Å². The van der Waals surface area contributed by atoms with Crippen LogP contribution >= 0.6 is 23.4 Å². The van der Waals surface area contributed by atoms with Gasteiger partial charge in [-0.25, -0.2) is 4.98 Å². The largest absolute Gasteiger partial charge is 0.439 e. The number of thioether (sulfide) groups is 1. The Kier molecular flexibility index (Phi) is 6.11. The summed E-state index contributed by atoms with van der Waals surface area (Å²) in [5.74, 6) is 1.81. The lowest BCUT2D eigenvalue weighted by Crippen LogP contribution is -1.97. The van der Waals surface area contributed by atoms with E-state index in [1.54, 1.807) is 18.2 Å². The molecule has 0 spiro atoms. The number of hydrogen-bond donors (Lipinski definition) is 0. The molecule has 0 radical (unpaired) electrons. The van der Waals surface area contributed by atoms with Crippen molar-refractivity contribution >= 4 is 23.4 Å². The molecule has 1 heterocycles. The zero-order valence-corrected chi connectivity index (χ0v) is 15.7. The Hall–Kier alpha value is -2.55. The van der Waals surface area contributed by atoms with E-state index in [-0.39, 0.29) is 0 Å². The molecule has 0 N–H and O–H groups in total. The van der Waals surface area contributed by atoms with Crippen LogP contribution in [-0.4, -0.2) is 9.97 Å². The maximum absolute atomic E-state index is 9.00. The van der Waals surface area contributed by atoms with Crippen molar-refractivity contribution in [2.24, 2.45) is 0 Å². The molecule has 0 aliphatic rings. The molecule has 0 saturated heterocycles. The Morgan fingerprint density at radius 3 is 2.73 bits per heavy atom. The van der Waals surface area contributed by atoms with Gasteiger partial charge in [0.1, 0.15) is 5.75 Å². The lowest BCUT2D eigenvalue weighted by atomic mass is 10.2. The van der Waals surface area contributed by atoms with Crippen molar-refractivity contribution in [3.8, 4) is 17.7 Å². The van der Waals surface area contributed by atoms with E-state index in [0.717, 1.165) is 17.7 Å². The van der Waals surface area contributed by atoms with Gasteiger partial charge in [-0.1, -0.05) is 48.5 Å². The van der Waals surface area contributed by atoms with Crippen molar-refractivity contribution in [2.45, 2.75) is 24.3 Å². The molecule has 4 nitrogen and oxygen atoms in total. The Labute approximate surface area is 161 Å². The van der Waals surface area contributed by atoms with E-state index >= 15 is 0 Å². The molecule has 1 aromatic heterocycles. The van der Waals surface area contributed by atoms with Crippen LogP contribution in [0.15, 0.2) is 59.8 Å². The van der Waals surface area contributed by atoms with Gasteiger partial charge in [0.15, 0.2) is 5.16 Å². The van der Waals surface area contributed by atoms with Crippen LogP contribution in [0, 0.1) is 11.3 Å². The molecule has 0 amide bonds. The predicted octanol–water partition coefficient (Wildman–Crippen LogP) is 5.65. The third-order valence-electron chi connectivity index (χ3n) is 3.54. The highest BCUT2D eigenvalue weighted by Crippen LogP contribution is 2.27. The average molecular weight is 382 g/mol. The Morgan fingerprint density at radius 1 is 1.12 bits per heavy atom. The predicted molar refractivity (Wildman–Crippen MR) is 104 cm³/mol. The van der Waals surface area contributed by atoms with Gasteiger partial charge in [-0.05, 0) is 42.3 Å². The highest BCUT2D eigenvalue weighted by molar-refractivity contribution is 7.98. The summed E-state index contributed by atoms with van der Waals surface area (Å²) in [4.78, 5) is 9.04. The molecule has 0 saturated carbocycles. The summed E-state index contributed by atoms with van der Waals surface area (Å²) < 4.78 is 5.84. The summed E-state index contributed by atoms with van der Waals surface area (Å²) in [5.41, 5.74) is 2.61. The quantitative estimate of drug-likeness (QED) is 0.408. The maximum atomic E-state index is 9.00. The Morgan fingerprint density at radius 2 is 1.96 bits per heavy atom. The first-order valence-corrected chi connectivity index (χ1v) is 9.46. The van der Waals surface area contributed by atoms with Crippen LogP contribution in [0.1, 0.15) is 23.7 Å². The number of hydrogen-bond acceptors (Lipinski definition) is 5. The number of rotatable bonds is 6. The lowest BCUT2D eigenvalue weighted by molar-refractivity contribution is 0.454. The molecule has 3 aromatic rings. The minimum absolute atomic E-state index is 0.493. The smallest absolute Gasteiger partial charge is 0.223 e. The van der Waals surface area contributed by atoms with E-state index in [4.69, 9.17) is 21.6 Å². The maximum Gasteiger partial charge on any atom is 0.223 e. The summed E-state index contributed by atoms with van der Waals surface area (Å²) in [6.07, 6.45) is 0.784. The lowest BCUT2D eigenvalue weighted by Gasteiger charge is -2.09. The molecule has 0 unspecified atom stereocenters. The highest BCUT2D eigenvalue weighted by atomic mass is 35.5. The van der Waals surface area contributed by atoms with Crippen molar-refractivity contribution < 1.29 is 4.74 Å². The summed E-state index contributed by atoms with van der Waals surface area (Å²) >= 11 is 7.52. The second-order valence-electron chi connectivity index (χ2n) is 5.49. The molecule has 0 aliphatic carbocycles. The molecule has 0 atom stereocenters. The van der Waals surface area contributed by atoms with Crippen molar-refractivity contribution in [2.75, 3.05) is 0 Å². The van der Waals surface area contributed by atoms with Crippen LogP contribution < -0.4 is 4.74 Å². The van der Waals surface area contributed by atoms with E-state index in [1.807, 2.05) is 43.3 Å². The fraction of sp³-hybridized carbons (Fsp3) is 0.150. The van der Waals surface area contributed by atoms with Crippen LogP contribution in [0.4, 0.5) is 0 Å². The topological polar surface area (TPSA) is 58.8 Å². The van der Waals surface area contributed by atoms with E-state index < -0.39 is 0 Å². The molecule has 0 bridgehead atoms. The van der Waals surface area contributed by atoms with E-state index in [2.05, 4.69) is 16.0 Å². The standard InChI is InChI=1S/C20H16ClN3OS/c1-2-17-11-19(25-18-8-4-7-16(21)10-18)24-20(23-17)26-13-15-6-3-5-14(9-15)12-22/h3-11H,2,13H2,1H3. The monoisotopic (exact) mass is 381 g/mol. The van der Waals surface area contributed by atoms with Crippen molar-refractivity contribution in [3.05, 3.63) is 76.4 Å². The summed E-state index contributed by atoms with van der Waals surface area (Å²) in [5, 5.41) is 10.3. The van der Waals surface area contributed by atoms with Gasteiger partial charge >= 0.3 is 0 Å². The molecule has 3 rings (SSSR count). The fourth-order valence-corrected chi connectivity index (χ4v) is 3.27. The van der Waals surface area contributed by atoms with Crippen molar-refractivity contribution in [3.63, 3.8) is 0 Å². The van der Waals surface area contributed by atoms with Gasteiger partial charge in [0.2, 0.25) is 5.88 Å². The van der Waals surface area contributed by atoms with Gasteiger partial charge in [0, 0.05) is 22.5 Å². The second-order valence-corrected chi connectivity index (χ2v) is 6.87. The Bertz CT molecular complexity index is 956. The molecule has 26 heavy (non-hydrogen) atoms. The zero-order chi connectivity index (χ0) is 18.4. The third-order valence-corrected chi connectivity index (χ3v) is 4.69. The van der Waals surface area contributed by atoms with E-state index in [0.29, 0.717) is 33.1 Å². The average Bonchev–Trinajstić information content (AvgIpc) is 2.66. The summed E-state index contributed by atoms with van der Waals surface area (Å²) in [6, 6.07) is 18.7. The van der Waals surface area contributed by atoms with Crippen molar-refractivity contribution in [1.29, 1.82) is 5.26 Å². The fourth-order valence-electron chi connectivity index (χ4n) is 2.28. The molecule has 0 fully saturated rings. The first kappa shape index (κ1) is 18.2. The van der Waals surface area contributed by atoms with Gasteiger partial charge < -0.3 is 4.74 Å². The van der Waals surface area contributed by atoms with Crippen LogP contribution in [0.5, 0.6) is 11.6 Å². The minimum atomic E-state index is 0.493. The zero-order valence-electron chi connectivity index (χ0n) is 14.1. The minimum Gasteiger partial charge on any atom is -0.439 e. The normalized spacial score (nSPS) is 10.3. The third kappa shape index (κ3) is 4.98. The molecule has 6 heteroatoms. The van der Waals surface area contributed by atoms with Crippen LogP contribution in [0.3, 0.4) is 0 Å². The number of aryl methyl sites for hydroxylation is 1. The van der Waals surface area contributed by atoms with Gasteiger partial charge in [0.05, 0.1) is 11.6 Å². The number of halogens is 1. The number of nitriles is 1. The van der Waals surface area contributed by atoms with Crippen LogP contribution in [-0.2, 0) is 12.2 Å². The molecule has 0 aliphatic heterocycles. The molecular weight excluding hydrogens is 366 g/mol.